The van der Waals surface area contributed by atoms with Gasteiger partial charge in [-0.3, -0.25) is 4.90 Å². The minimum atomic E-state index is 0.217. The van der Waals surface area contributed by atoms with Crippen LogP contribution in [0.1, 0.15) is 19.4 Å². The van der Waals surface area contributed by atoms with Crippen LogP contribution in [0, 0.1) is 0 Å². The van der Waals surface area contributed by atoms with Crippen molar-refractivity contribution in [1.29, 1.82) is 0 Å². The summed E-state index contributed by atoms with van der Waals surface area (Å²) in [6.07, 6.45) is 5.60. The summed E-state index contributed by atoms with van der Waals surface area (Å²) in [6.45, 7) is 8.83. The minimum Gasteiger partial charge on any atom is -0.309 e. The molecule has 0 bridgehead atoms. The van der Waals surface area contributed by atoms with Crippen LogP contribution in [0.4, 0.5) is 0 Å². The molecule has 1 aliphatic rings. The summed E-state index contributed by atoms with van der Waals surface area (Å²) in [5.41, 5.74) is 2.74. The molecule has 0 spiro atoms. The number of hydrogen-bond acceptors (Lipinski definition) is 3. The maximum Gasteiger partial charge on any atom is 0.0991 e. The van der Waals surface area contributed by atoms with E-state index in [4.69, 9.17) is 0 Å². The maximum absolute atomic E-state index is 4.08. The second-order valence-corrected chi connectivity index (χ2v) is 6.16. The Morgan fingerprint density at radius 1 is 1.25 bits per heavy atom. The van der Waals surface area contributed by atoms with Crippen LogP contribution in [-0.2, 0) is 6.54 Å². The molecule has 0 atom stereocenters. The van der Waals surface area contributed by atoms with Gasteiger partial charge in [-0.05, 0) is 31.5 Å². The summed E-state index contributed by atoms with van der Waals surface area (Å²) in [5.74, 6) is 0. The Kier molecular flexibility index (Phi) is 3.59. The zero-order valence-corrected chi connectivity index (χ0v) is 12.2. The fraction of sp³-hybridized carbons (Fsp3) is 0.438. The van der Waals surface area contributed by atoms with Gasteiger partial charge in [-0.25, -0.2) is 4.98 Å². The van der Waals surface area contributed by atoms with Gasteiger partial charge in [-0.15, -0.1) is 0 Å². The highest BCUT2D eigenvalue weighted by Crippen LogP contribution is 2.15. The van der Waals surface area contributed by atoms with E-state index in [2.05, 4.69) is 53.3 Å². The predicted octanol–water partition coefficient (Wildman–Crippen LogP) is 2.06. The third-order valence-electron chi connectivity index (χ3n) is 3.80. The molecule has 1 saturated heterocycles. The van der Waals surface area contributed by atoms with Crippen molar-refractivity contribution < 1.29 is 0 Å². The van der Waals surface area contributed by atoms with Crippen LogP contribution in [0.15, 0.2) is 43.0 Å². The van der Waals surface area contributed by atoms with Crippen molar-refractivity contribution in [3.8, 4) is 5.69 Å². The molecule has 3 rings (SSSR count). The molecule has 1 fully saturated rings. The van der Waals surface area contributed by atoms with Crippen LogP contribution in [0.25, 0.3) is 5.69 Å². The number of aromatic nitrogens is 2. The van der Waals surface area contributed by atoms with Crippen molar-refractivity contribution in [3.63, 3.8) is 0 Å². The van der Waals surface area contributed by atoms with E-state index < -0.39 is 0 Å². The molecule has 1 aliphatic heterocycles. The molecule has 0 saturated carbocycles. The van der Waals surface area contributed by atoms with E-state index in [0.29, 0.717) is 0 Å². The molecule has 2 aromatic rings. The summed E-state index contributed by atoms with van der Waals surface area (Å²) in [7, 11) is 0. The molecule has 1 aromatic carbocycles. The lowest BCUT2D eigenvalue weighted by molar-refractivity contribution is 0.148. The Labute approximate surface area is 120 Å². The fourth-order valence-corrected chi connectivity index (χ4v) is 2.82. The number of hydrogen-bond donors (Lipinski definition) is 1. The molecular formula is C16H22N4. The summed E-state index contributed by atoms with van der Waals surface area (Å²) in [6, 6.07) is 8.74. The smallest absolute Gasteiger partial charge is 0.0991 e. The summed E-state index contributed by atoms with van der Waals surface area (Å²) >= 11 is 0. The van der Waals surface area contributed by atoms with Gasteiger partial charge >= 0.3 is 0 Å². The van der Waals surface area contributed by atoms with Crippen LogP contribution in [0.2, 0.25) is 0 Å². The molecule has 20 heavy (non-hydrogen) atoms. The van der Waals surface area contributed by atoms with Crippen molar-refractivity contribution in [1.82, 2.24) is 19.8 Å². The first kappa shape index (κ1) is 13.3. The van der Waals surface area contributed by atoms with Gasteiger partial charge in [0, 0.05) is 49.8 Å². The van der Waals surface area contributed by atoms with E-state index >= 15 is 0 Å². The number of nitrogens with zero attached hydrogens (tertiary/aromatic N) is 3. The van der Waals surface area contributed by atoms with E-state index in [1.54, 1.807) is 6.20 Å². The highest BCUT2D eigenvalue weighted by molar-refractivity contribution is 5.34. The third kappa shape index (κ3) is 3.08. The zero-order valence-electron chi connectivity index (χ0n) is 12.2. The predicted molar refractivity (Wildman–Crippen MR) is 80.9 cm³/mol. The van der Waals surface area contributed by atoms with E-state index in [1.165, 1.54) is 5.56 Å². The van der Waals surface area contributed by atoms with Gasteiger partial charge in [0.15, 0.2) is 0 Å². The second-order valence-electron chi connectivity index (χ2n) is 6.16. The van der Waals surface area contributed by atoms with Crippen molar-refractivity contribution in [2.75, 3.05) is 19.6 Å². The van der Waals surface area contributed by atoms with Crippen LogP contribution < -0.4 is 5.32 Å². The average molecular weight is 270 g/mol. The highest BCUT2D eigenvalue weighted by atomic mass is 15.2. The number of piperazine rings is 1. The molecule has 0 aliphatic carbocycles. The molecule has 1 N–H and O–H groups in total. The van der Waals surface area contributed by atoms with Gasteiger partial charge in [-0.1, -0.05) is 12.1 Å². The van der Waals surface area contributed by atoms with Gasteiger partial charge < -0.3 is 9.88 Å². The number of nitrogens with one attached hydrogen (secondary N) is 1. The van der Waals surface area contributed by atoms with E-state index in [1.807, 2.05) is 17.1 Å². The normalized spacial score (nSPS) is 19.1. The lowest BCUT2D eigenvalue weighted by atomic mass is 10.0. The molecule has 4 nitrogen and oxygen atoms in total. The maximum atomic E-state index is 4.08. The highest BCUT2D eigenvalue weighted by Gasteiger charge is 2.25. The zero-order chi connectivity index (χ0) is 14.0. The molecule has 4 heteroatoms. The Morgan fingerprint density at radius 2 is 2.05 bits per heavy atom. The van der Waals surface area contributed by atoms with E-state index in [-0.39, 0.29) is 5.54 Å². The van der Waals surface area contributed by atoms with Gasteiger partial charge in [-0.2, -0.15) is 0 Å². The molecule has 0 unspecified atom stereocenters. The third-order valence-corrected chi connectivity index (χ3v) is 3.80. The molecule has 106 valence electrons. The van der Waals surface area contributed by atoms with Crippen molar-refractivity contribution >= 4 is 0 Å². The minimum absolute atomic E-state index is 0.217. The lowest BCUT2D eigenvalue weighted by Crippen LogP contribution is -2.56. The standard InChI is InChI=1S/C16H22N4/c1-16(2)12-19(9-8-18-16)11-14-3-5-15(6-4-14)20-10-7-17-13-20/h3-7,10,13,18H,8-9,11-12H2,1-2H3. The van der Waals surface area contributed by atoms with Gasteiger partial charge in [0.1, 0.15) is 0 Å². The summed E-state index contributed by atoms with van der Waals surface area (Å²) in [4.78, 5) is 6.59. The average Bonchev–Trinajstić information content (AvgIpc) is 2.92. The monoisotopic (exact) mass is 270 g/mol. The number of benzene rings is 1. The Bertz CT molecular complexity index is 542. The van der Waals surface area contributed by atoms with Crippen LogP contribution in [0.5, 0.6) is 0 Å². The Balaban J connectivity index is 1.66. The van der Waals surface area contributed by atoms with Crippen molar-refractivity contribution in [3.05, 3.63) is 48.5 Å². The molecular weight excluding hydrogens is 248 g/mol. The number of rotatable bonds is 3. The first-order valence-corrected chi connectivity index (χ1v) is 7.17. The first-order chi connectivity index (χ1) is 9.62. The lowest BCUT2D eigenvalue weighted by Gasteiger charge is -2.39. The van der Waals surface area contributed by atoms with Gasteiger partial charge in [0.25, 0.3) is 0 Å². The molecule has 0 radical (unpaired) electrons. The van der Waals surface area contributed by atoms with Crippen molar-refractivity contribution in [2.45, 2.75) is 25.9 Å². The number of imidazole rings is 1. The van der Waals surface area contributed by atoms with E-state index in [0.717, 1.165) is 31.9 Å². The van der Waals surface area contributed by atoms with E-state index in [9.17, 15) is 0 Å². The van der Waals surface area contributed by atoms with Gasteiger partial charge in [0.2, 0.25) is 0 Å². The summed E-state index contributed by atoms with van der Waals surface area (Å²) < 4.78 is 2.03. The molecule has 0 amide bonds. The quantitative estimate of drug-likeness (QED) is 0.926. The van der Waals surface area contributed by atoms with Gasteiger partial charge in [0.05, 0.1) is 6.33 Å². The van der Waals surface area contributed by atoms with Crippen molar-refractivity contribution in [2.24, 2.45) is 0 Å². The molecule has 2 heterocycles. The second kappa shape index (κ2) is 5.38. The SMILES string of the molecule is CC1(C)CN(Cc2ccc(-n3ccnc3)cc2)CCN1. The Hall–Kier alpha value is -1.65. The largest absolute Gasteiger partial charge is 0.309 e. The summed E-state index contributed by atoms with van der Waals surface area (Å²) in [5, 5.41) is 3.55. The van der Waals surface area contributed by atoms with Crippen LogP contribution in [-0.4, -0.2) is 39.6 Å². The molecule has 1 aromatic heterocycles. The fourth-order valence-electron chi connectivity index (χ4n) is 2.82. The first-order valence-electron chi connectivity index (χ1n) is 7.17. The topological polar surface area (TPSA) is 33.1 Å². The Morgan fingerprint density at radius 3 is 2.70 bits per heavy atom. The van der Waals surface area contributed by atoms with Crippen LogP contribution in [0.3, 0.4) is 0 Å². The van der Waals surface area contributed by atoms with Crippen LogP contribution >= 0.6 is 0 Å².